The summed E-state index contributed by atoms with van der Waals surface area (Å²) in [4.78, 5) is 10.5. The summed E-state index contributed by atoms with van der Waals surface area (Å²) >= 11 is 0. The van der Waals surface area contributed by atoms with Gasteiger partial charge in [-0.15, -0.1) is 0 Å². The third kappa shape index (κ3) is 6.97. The minimum absolute atomic E-state index is 0.0158. The van der Waals surface area contributed by atoms with E-state index in [2.05, 4.69) is 0 Å². The van der Waals surface area contributed by atoms with Gasteiger partial charge >= 0.3 is 0 Å². The highest BCUT2D eigenvalue weighted by Gasteiger charge is 2.49. The Balaban J connectivity index is 1.44. The van der Waals surface area contributed by atoms with Crippen molar-refractivity contribution in [3.05, 3.63) is 0 Å². The molecule has 10 N–H and O–H groups in total. The molecule has 0 aliphatic carbocycles. The molecule has 17 heteroatoms. The summed E-state index contributed by atoms with van der Waals surface area (Å²) in [6, 6.07) is 0. The van der Waals surface area contributed by atoms with E-state index in [4.69, 9.17) is 33.5 Å². The highest BCUT2D eigenvalue weighted by Crippen LogP contribution is 2.28. The number of aliphatic hydroxyl groups is 10. The van der Waals surface area contributed by atoms with Crippen LogP contribution in [0.5, 0.6) is 0 Å². The number of aliphatic hydroxyl groups excluding tert-OH is 10. The molecule has 0 amide bonds. The van der Waals surface area contributed by atoms with Crippen LogP contribution in [0.2, 0.25) is 0 Å². The zero-order valence-corrected chi connectivity index (χ0v) is 19.4. The van der Waals surface area contributed by atoms with E-state index in [-0.39, 0.29) is 6.29 Å². The van der Waals surface area contributed by atoms with Crippen molar-refractivity contribution in [3.63, 3.8) is 0 Å². The molecule has 17 nitrogen and oxygen atoms in total. The van der Waals surface area contributed by atoms with E-state index in [0.29, 0.717) is 0 Å². The Labute approximate surface area is 209 Å². The molecule has 3 saturated heterocycles. The molecule has 0 saturated carbocycles. The molecule has 0 bridgehead atoms. The molecule has 15 atom stereocenters. The number of hydrogen-bond donors (Lipinski definition) is 10. The van der Waals surface area contributed by atoms with Crippen molar-refractivity contribution >= 4 is 6.29 Å². The van der Waals surface area contributed by atoms with Gasteiger partial charge in [0.05, 0.1) is 26.4 Å². The predicted octanol–water partition coefficient (Wildman–Crippen LogP) is -7.35. The van der Waals surface area contributed by atoms with Crippen LogP contribution < -0.4 is 0 Å². The van der Waals surface area contributed by atoms with E-state index in [0.717, 1.165) is 0 Å². The Morgan fingerprint density at radius 1 is 0.649 bits per heavy atom. The lowest BCUT2D eigenvalue weighted by molar-refractivity contribution is -0.222. The second-order valence-corrected chi connectivity index (χ2v) is 8.94. The second-order valence-electron chi connectivity index (χ2n) is 8.94. The minimum atomic E-state index is -1.86. The Hall–Kier alpha value is -0.970. The average Bonchev–Trinajstić information content (AvgIpc) is 3.44. The fourth-order valence-corrected chi connectivity index (χ4v) is 3.96. The van der Waals surface area contributed by atoms with Crippen molar-refractivity contribution in [3.8, 4) is 0 Å². The van der Waals surface area contributed by atoms with Gasteiger partial charge in [-0.2, -0.15) is 0 Å². The first-order valence-corrected chi connectivity index (χ1v) is 11.5. The van der Waals surface area contributed by atoms with Gasteiger partial charge in [0.25, 0.3) is 0 Å². The first-order chi connectivity index (χ1) is 17.5. The molecule has 3 rings (SSSR count). The molecule has 3 heterocycles. The second kappa shape index (κ2) is 13.4. The zero-order chi connectivity index (χ0) is 27.4. The number of carbonyl (C=O) groups is 1. The molecule has 3 fully saturated rings. The van der Waals surface area contributed by atoms with Crippen LogP contribution in [0.25, 0.3) is 0 Å². The lowest BCUT2D eigenvalue weighted by Crippen LogP contribution is -2.42. The Kier molecular flexibility index (Phi) is 11.1. The normalized spacial score (nSPS) is 44.7. The summed E-state index contributed by atoms with van der Waals surface area (Å²) in [6.45, 7) is -2.07. The predicted molar refractivity (Wildman–Crippen MR) is 111 cm³/mol. The highest BCUT2D eigenvalue weighted by atomic mass is 16.8. The number of rotatable bonds is 13. The molecular formula is C20H34O17. The molecule has 216 valence electrons. The third-order valence-corrected chi connectivity index (χ3v) is 6.30. The lowest BCUT2D eigenvalue weighted by atomic mass is 10.1. The summed E-state index contributed by atoms with van der Waals surface area (Å²) in [5, 5.41) is 98.0. The highest BCUT2D eigenvalue weighted by molar-refractivity contribution is 5.56. The van der Waals surface area contributed by atoms with Gasteiger partial charge in [0.1, 0.15) is 73.2 Å². The number of aldehydes is 1. The van der Waals surface area contributed by atoms with Gasteiger partial charge in [-0.25, -0.2) is 0 Å². The van der Waals surface area contributed by atoms with Gasteiger partial charge in [0.2, 0.25) is 0 Å². The number of hydrogen-bond acceptors (Lipinski definition) is 17. The SMILES string of the molecule is O=C[C@H](O)[C@@H](O)[C@@H](O)CO[C@@H]1O[C@@H](CO[C@@H]2O[C@@H](CO[C@@H]3O[C@@H](CO)[C@H](O)[C@H]3O)[C@H](O)[C@H]2O)[C@H](O)[C@H]1O. The van der Waals surface area contributed by atoms with Gasteiger partial charge in [0.15, 0.2) is 25.2 Å². The number of carbonyl (C=O) groups excluding carboxylic acids is 1. The molecule has 0 aromatic heterocycles. The Bertz CT molecular complexity index is 714. The molecule has 0 unspecified atom stereocenters. The molecular weight excluding hydrogens is 512 g/mol. The van der Waals surface area contributed by atoms with E-state index in [1.165, 1.54) is 0 Å². The first kappa shape index (κ1) is 30.6. The van der Waals surface area contributed by atoms with Crippen molar-refractivity contribution < 1.29 is 84.3 Å². The topological polar surface area (TPSA) is 275 Å². The van der Waals surface area contributed by atoms with Crippen LogP contribution in [0, 0.1) is 0 Å². The van der Waals surface area contributed by atoms with Crippen LogP contribution in [0.4, 0.5) is 0 Å². The largest absolute Gasteiger partial charge is 0.394 e. The maximum atomic E-state index is 10.5. The minimum Gasteiger partial charge on any atom is -0.394 e. The van der Waals surface area contributed by atoms with Gasteiger partial charge in [-0.05, 0) is 0 Å². The average molecular weight is 546 g/mol. The van der Waals surface area contributed by atoms with Crippen LogP contribution in [0.15, 0.2) is 0 Å². The van der Waals surface area contributed by atoms with Crippen LogP contribution in [-0.4, -0.2) is 176 Å². The third-order valence-electron chi connectivity index (χ3n) is 6.30. The van der Waals surface area contributed by atoms with E-state index >= 15 is 0 Å². The molecule has 0 aromatic carbocycles. The molecule has 0 aromatic rings. The quantitative estimate of drug-likeness (QED) is 0.0960. The molecule has 37 heavy (non-hydrogen) atoms. The van der Waals surface area contributed by atoms with Gasteiger partial charge in [0, 0.05) is 0 Å². The van der Waals surface area contributed by atoms with Crippen molar-refractivity contribution in [1.82, 2.24) is 0 Å². The van der Waals surface area contributed by atoms with Crippen molar-refractivity contribution in [1.29, 1.82) is 0 Å². The van der Waals surface area contributed by atoms with Crippen molar-refractivity contribution in [2.24, 2.45) is 0 Å². The van der Waals surface area contributed by atoms with Crippen LogP contribution in [0.3, 0.4) is 0 Å². The summed E-state index contributed by atoms with van der Waals surface area (Å²) < 4.78 is 31.7. The van der Waals surface area contributed by atoms with E-state index in [1.807, 2.05) is 0 Å². The summed E-state index contributed by atoms with van der Waals surface area (Å²) in [5.74, 6) is 0. The Morgan fingerprint density at radius 3 is 1.46 bits per heavy atom. The zero-order valence-electron chi connectivity index (χ0n) is 19.4. The summed E-state index contributed by atoms with van der Waals surface area (Å²) in [7, 11) is 0. The smallest absolute Gasteiger partial charge is 0.186 e. The molecule has 0 radical (unpaired) electrons. The van der Waals surface area contributed by atoms with E-state index in [9.17, 15) is 50.8 Å². The van der Waals surface area contributed by atoms with E-state index < -0.39 is 119 Å². The standard InChI is InChI=1S/C20H34O17/c21-1-6(23)11(25)7(24)3-32-18-16(30)13(27)9(36-18)5-34-20-17(31)14(28)10(37-20)4-33-19-15(29)12(26)8(2-22)35-19/h1,6-20,22-31H,2-5H2/t6-,7-,8-,9-,10-,11+,12-,13-,14-,15+,16+,17+,18+,19+,20+/m0/s1. The lowest BCUT2D eigenvalue weighted by Gasteiger charge is -2.22. The first-order valence-electron chi connectivity index (χ1n) is 11.5. The maximum absolute atomic E-state index is 10.5. The van der Waals surface area contributed by atoms with Gasteiger partial charge in [-0.3, -0.25) is 0 Å². The van der Waals surface area contributed by atoms with Crippen molar-refractivity contribution in [2.45, 2.75) is 92.1 Å². The van der Waals surface area contributed by atoms with Crippen LogP contribution >= 0.6 is 0 Å². The monoisotopic (exact) mass is 546 g/mol. The maximum Gasteiger partial charge on any atom is 0.186 e. The fraction of sp³-hybridized carbons (Fsp3) is 0.950. The summed E-state index contributed by atoms with van der Waals surface area (Å²) in [5.41, 5.74) is 0. The molecule has 3 aliphatic heterocycles. The molecule has 0 spiro atoms. The van der Waals surface area contributed by atoms with E-state index in [1.54, 1.807) is 0 Å². The van der Waals surface area contributed by atoms with Gasteiger partial charge in [-0.1, -0.05) is 0 Å². The van der Waals surface area contributed by atoms with Gasteiger partial charge < -0.3 is 84.3 Å². The number of ether oxygens (including phenoxy) is 6. The van der Waals surface area contributed by atoms with Crippen LogP contribution in [-0.2, 0) is 33.2 Å². The molecule has 3 aliphatic rings. The Morgan fingerprint density at radius 2 is 1.05 bits per heavy atom. The summed E-state index contributed by atoms with van der Waals surface area (Å²) in [6.07, 6.45) is -22.1. The fourth-order valence-electron chi connectivity index (χ4n) is 3.96. The van der Waals surface area contributed by atoms with Crippen molar-refractivity contribution in [2.75, 3.05) is 26.4 Å². The van der Waals surface area contributed by atoms with Crippen LogP contribution in [0.1, 0.15) is 0 Å².